The van der Waals surface area contributed by atoms with Crippen molar-refractivity contribution in [2.24, 2.45) is 0 Å². The molecule has 7 nitrogen and oxygen atoms in total. The monoisotopic (exact) mass is 382 g/mol. The first-order valence-electron chi connectivity index (χ1n) is 8.89. The van der Waals surface area contributed by atoms with Crippen molar-refractivity contribution in [1.82, 2.24) is 10.2 Å². The van der Waals surface area contributed by atoms with Gasteiger partial charge >= 0.3 is 5.97 Å². The zero-order valence-corrected chi connectivity index (χ0v) is 16.1. The molecule has 26 heavy (non-hydrogen) atoms. The number of esters is 1. The number of nitrogens with zero attached hydrogens (tertiary/aromatic N) is 1. The quantitative estimate of drug-likeness (QED) is 0.776. The number of amides is 1. The van der Waals surface area contributed by atoms with E-state index in [4.69, 9.17) is 14.2 Å². The van der Waals surface area contributed by atoms with Crippen LogP contribution >= 0.6 is 11.3 Å². The van der Waals surface area contributed by atoms with Crippen molar-refractivity contribution in [3.63, 3.8) is 0 Å². The number of thiophene rings is 1. The molecular weight excluding hydrogens is 356 g/mol. The van der Waals surface area contributed by atoms with Crippen molar-refractivity contribution in [3.05, 3.63) is 21.9 Å². The standard InChI is InChI=1S/C18H26N2O5S/c1-13(21)20-5-6-24-12-18(11-20)4-3-15(25-18)8-19-9-16-7-14(10-26-16)17(22)23-2/h7,10,15,19H,3-6,8-9,11-12H2,1-2H3/t15-,18+/m0/s1. The van der Waals surface area contributed by atoms with E-state index < -0.39 is 0 Å². The minimum atomic E-state index is -0.379. The number of nitrogens with one attached hydrogen (secondary N) is 1. The molecule has 1 aromatic rings. The van der Waals surface area contributed by atoms with Crippen LogP contribution in [0.15, 0.2) is 11.4 Å². The number of hydrogen-bond donors (Lipinski definition) is 1. The van der Waals surface area contributed by atoms with Gasteiger partial charge in [-0.05, 0) is 18.9 Å². The Labute approximate surface area is 157 Å². The molecule has 0 bridgehead atoms. The molecule has 2 aliphatic rings. The lowest BCUT2D eigenvalue weighted by molar-refractivity contribution is -0.133. The Hall–Kier alpha value is -1.48. The van der Waals surface area contributed by atoms with Crippen LogP contribution in [0.1, 0.15) is 35.0 Å². The second-order valence-electron chi connectivity index (χ2n) is 6.88. The van der Waals surface area contributed by atoms with Gasteiger partial charge in [0, 0.05) is 36.8 Å². The first-order chi connectivity index (χ1) is 12.5. The van der Waals surface area contributed by atoms with Crippen molar-refractivity contribution in [2.75, 3.05) is 40.0 Å². The fourth-order valence-electron chi connectivity index (χ4n) is 3.49. The third-order valence-electron chi connectivity index (χ3n) is 4.88. The van der Waals surface area contributed by atoms with Crippen molar-refractivity contribution in [3.8, 4) is 0 Å². The molecule has 2 atom stereocenters. The van der Waals surface area contributed by atoms with Crippen LogP contribution in [0.5, 0.6) is 0 Å². The van der Waals surface area contributed by atoms with Gasteiger partial charge in [-0.3, -0.25) is 4.79 Å². The van der Waals surface area contributed by atoms with E-state index in [1.165, 1.54) is 18.4 Å². The number of methoxy groups -OCH3 is 1. The van der Waals surface area contributed by atoms with E-state index in [1.54, 1.807) is 6.92 Å². The molecule has 1 N–H and O–H groups in total. The van der Waals surface area contributed by atoms with Crippen LogP contribution in [-0.2, 0) is 25.5 Å². The average molecular weight is 382 g/mol. The van der Waals surface area contributed by atoms with Crippen LogP contribution in [0.3, 0.4) is 0 Å². The lowest BCUT2D eigenvalue weighted by atomic mass is 10.00. The molecule has 0 aliphatic carbocycles. The molecule has 1 spiro atoms. The Kier molecular flexibility index (Phi) is 6.29. The molecule has 8 heteroatoms. The van der Waals surface area contributed by atoms with Crippen molar-refractivity contribution >= 4 is 23.2 Å². The van der Waals surface area contributed by atoms with E-state index >= 15 is 0 Å². The number of carbonyl (C=O) groups is 2. The van der Waals surface area contributed by atoms with E-state index in [9.17, 15) is 9.59 Å². The molecule has 0 saturated carbocycles. The summed E-state index contributed by atoms with van der Waals surface area (Å²) in [5.74, 6) is -0.240. The van der Waals surface area contributed by atoms with Crippen LogP contribution in [0.2, 0.25) is 0 Å². The van der Waals surface area contributed by atoms with Crippen LogP contribution in [0.25, 0.3) is 0 Å². The number of hydrogen-bond acceptors (Lipinski definition) is 7. The van der Waals surface area contributed by atoms with Gasteiger partial charge in [-0.2, -0.15) is 0 Å². The summed E-state index contributed by atoms with van der Waals surface area (Å²) in [6, 6.07) is 1.85. The molecule has 3 heterocycles. The maximum atomic E-state index is 11.7. The van der Waals surface area contributed by atoms with Gasteiger partial charge in [0.1, 0.15) is 5.60 Å². The van der Waals surface area contributed by atoms with Gasteiger partial charge in [0.15, 0.2) is 0 Å². The SMILES string of the molecule is COC(=O)c1csc(CNC[C@@H]2CC[C@@]3(COCCN(C(C)=O)C3)O2)c1. The minimum absolute atomic E-state index is 0.0687. The van der Waals surface area contributed by atoms with E-state index in [2.05, 4.69) is 5.32 Å². The smallest absolute Gasteiger partial charge is 0.338 e. The fraction of sp³-hybridized carbons (Fsp3) is 0.667. The molecule has 2 aliphatic heterocycles. The summed E-state index contributed by atoms with van der Waals surface area (Å²) in [4.78, 5) is 26.1. The normalized spacial score (nSPS) is 26.1. The Bertz CT molecular complexity index is 649. The molecule has 144 valence electrons. The Balaban J connectivity index is 1.47. The highest BCUT2D eigenvalue weighted by atomic mass is 32.1. The molecule has 2 saturated heterocycles. The highest BCUT2D eigenvalue weighted by Gasteiger charge is 2.43. The highest BCUT2D eigenvalue weighted by Crippen LogP contribution is 2.33. The third-order valence-corrected chi connectivity index (χ3v) is 5.82. The minimum Gasteiger partial charge on any atom is -0.465 e. The molecule has 1 aromatic heterocycles. The summed E-state index contributed by atoms with van der Waals surface area (Å²) in [5, 5.41) is 5.21. The lowest BCUT2D eigenvalue weighted by Gasteiger charge is -2.31. The summed E-state index contributed by atoms with van der Waals surface area (Å²) in [7, 11) is 1.38. The zero-order valence-electron chi connectivity index (χ0n) is 15.3. The van der Waals surface area contributed by atoms with E-state index in [1.807, 2.05) is 16.3 Å². The topological polar surface area (TPSA) is 77.1 Å². The average Bonchev–Trinajstić information content (AvgIpc) is 3.18. The molecule has 3 rings (SSSR count). The predicted molar refractivity (Wildman–Crippen MR) is 97.3 cm³/mol. The van der Waals surface area contributed by atoms with Crippen LogP contribution in [-0.4, -0.2) is 68.4 Å². The summed E-state index contributed by atoms with van der Waals surface area (Å²) in [6.07, 6.45) is 1.94. The first kappa shape index (κ1) is 19.3. The number of ether oxygens (including phenoxy) is 3. The van der Waals surface area contributed by atoms with E-state index in [0.717, 1.165) is 24.3 Å². The Morgan fingerprint density at radius 2 is 2.35 bits per heavy atom. The van der Waals surface area contributed by atoms with Gasteiger partial charge in [-0.15, -0.1) is 11.3 Å². The summed E-state index contributed by atoms with van der Waals surface area (Å²) >= 11 is 1.54. The number of carbonyl (C=O) groups excluding carboxylic acids is 2. The van der Waals surface area contributed by atoms with E-state index in [0.29, 0.717) is 38.4 Å². The second-order valence-corrected chi connectivity index (χ2v) is 7.87. The molecule has 0 radical (unpaired) electrons. The molecular formula is C18H26N2O5S. The Morgan fingerprint density at radius 3 is 3.12 bits per heavy atom. The predicted octanol–water partition coefficient (Wildman–Crippen LogP) is 1.42. The van der Waals surface area contributed by atoms with Crippen molar-refractivity contribution in [2.45, 2.75) is 38.0 Å². The van der Waals surface area contributed by atoms with Crippen molar-refractivity contribution < 1.29 is 23.8 Å². The maximum absolute atomic E-state index is 11.7. The maximum Gasteiger partial charge on any atom is 0.338 e. The van der Waals surface area contributed by atoms with Crippen LogP contribution < -0.4 is 5.32 Å². The van der Waals surface area contributed by atoms with Gasteiger partial charge < -0.3 is 24.4 Å². The summed E-state index contributed by atoms with van der Waals surface area (Å²) in [6.45, 7) is 5.35. The van der Waals surface area contributed by atoms with Crippen LogP contribution in [0, 0.1) is 0 Å². The lowest BCUT2D eigenvalue weighted by Crippen LogP contribution is -2.46. The molecule has 1 amide bonds. The molecule has 0 aromatic carbocycles. The zero-order chi connectivity index (χ0) is 18.6. The molecule has 2 fully saturated rings. The summed E-state index contributed by atoms with van der Waals surface area (Å²) < 4.78 is 16.7. The van der Waals surface area contributed by atoms with Gasteiger partial charge in [0.05, 0.1) is 38.5 Å². The fourth-order valence-corrected chi connectivity index (χ4v) is 4.31. The number of rotatable bonds is 5. The Morgan fingerprint density at radius 1 is 1.50 bits per heavy atom. The van der Waals surface area contributed by atoms with E-state index in [-0.39, 0.29) is 23.6 Å². The highest BCUT2D eigenvalue weighted by molar-refractivity contribution is 7.10. The van der Waals surface area contributed by atoms with Crippen LogP contribution in [0.4, 0.5) is 0 Å². The largest absolute Gasteiger partial charge is 0.465 e. The summed E-state index contributed by atoms with van der Waals surface area (Å²) in [5.41, 5.74) is 0.209. The van der Waals surface area contributed by atoms with Gasteiger partial charge in [0.25, 0.3) is 0 Å². The second kappa shape index (κ2) is 8.47. The van der Waals surface area contributed by atoms with Gasteiger partial charge in [0.2, 0.25) is 5.91 Å². The molecule has 0 unspecified atom stereocenters. The van der Waals surface area contributed by atoms with Crippen molar-refractivity contribution in [1.29, 1.82) is 0 Å². The van der Waals surface area contributed by atoms with Gasteiger partial charge in [-0.25, -0.2) is 4.79 Å². The third kappa shape index (κ3) is 4.62. The van der Waals surface area contributed by atoms with Gasteiger partial charge in [-0.1, -0.05) is 0 Å². The first-order valence-corrected chi connectivity index (χ1v) is 9.77.